The van der Waals surface area contributed by atoms with Gasteiger partial charge in [0.2, 0.25) is 0 Å². The molecule has 2 heterocycles. The molecule has 2 aromatic carbocycles. The number of benzene rings is 2. The summed E-state index contributed by atoms with van der Waals surface area (Å²) in [5.74, 6) is 0.621. The van der Waals surface area contributed by atoms with Gasteiger partial charge < -0.3 is 4.74 Å². The molecule has 0 radical (unpaired) electrons. The van der Waals surface area contributed by atoms with Gasteiger partial charge in [-0.2, -0.15) is 0 Å². The van der Waals surface area contributed by atoms with Crippen LogP contribution in [0, 0.1) is 0 Å². The van der Waals surface area contributed by atoms with Crippen molar-refractivity contribution in [1.82, 2.24) is 4.90 Å². The zero-order valence-electron chi connectivity index (χ0n) is 13.8. The van der Waals surface area contributed by atoms with E-state index in [0.29, 0.717) is 12.0 Å². The first-order valence-corrected chi connectivity index (χ1v) is 8.71. The third kappa shape index (κ3) is 2.71. The smallest absolute Gasteiger partial charge is 0.122 e. The number of rotatable bonds is 4. The third-order valence-corrected chi connectivity index (χ3v) is 5.80. The van der Waals surface area contributed by atoms with Gasteiger partial charge in [-0.15, -0.1) is 0 Å². The maximum Gasteiger partial charge on any atom is 0.122 e. The van der Waals surface area contributed by atoms with Crippen molar-refractivity contribution in [2.75, 3.05) is 7.11 Å². The molecule has 0 N–H and O–H groups in total. The molecule has 3 atom stereocenters. The molecule has 2 aliphatic heterocycles. The summed E-state index contributed by atoms with van der Waals surface area (Å²) in [7, 11) is 1.90. The second-order valence-corrected chi connectivity index (χ2v) is 7.00. The molecule has 0 spiro atoms. The van der Waals surface area contributed by atoms with E-state index in [2.05, 4.69) is 65.6 Å². The molecule has 1 unspecified atom stereocenters. The Morgan fingerprint density at radius 3 is 2.43 bits per heavy atom. The SMILES string of the molecule is CO[C@@]12CC[C@@H](CC(c3ccccc3)C1)N2Cc1ccccc1. The Bertz CT molecular complexity index is 641. The molecule has 0 aliphatic carbocycles. The lowest BCUT2D eigenvalue weighted by atomic mass is 9.83. The van der Waals surface area contributed by atoms with Crippen molar-refractivity contribution in [3.63, 3.8) is 0 Å². The monoisotopic (exact) mass is 307 g/mol. The van der Waals surface area contributed by atoms with E-state index in [1.54, 1.807) is 0 Å². The second kappa shape index (κ2) is 6.10. The van der Waals surface area contributed by atoms with E-state index in [9.17, 15) is 0 Å². The summed E-state index contributed by atoms with van der Waals surface area (Å²) in [5.41, 5.74) is 2.78. The maximum atomic E-state index is 6.13. The highest BCUT2D eigenvalue weighted by Gasteiger charge is 2.52. The van der Waals surface area contributed by atoms with E-state index in [1.807, 2.05) is 7.11 Å². The predicted octanol–water partition coefficient (Wildman–Crippen LogP) is 4.57. The molecule has 0 aromatic heterocycles. The van der Waals surface area contributed by atoms with E-state index in [0.717, 1.165) is 19.4 Å². The van der Waals surface area contributed by atoms with Crippen molar-refractivity contribution in [1.29, 1.82) is 0 Å². The molecule has 2 nitrogen and oxygen atoms in total. The summed E-state index contributed by atoms with van der Waals surface area (Å²) in [6, 6.07) is 22.4. The highest BCUT2D eigenvalue weighted by molar-refractivity contribution is 5.23. The van der Waals surface area contributed by atoms with Gasteiger partial charge in [0.15, 0.2) is 0 Å². The van der Waals surface area contributed by atoms with Crippen molar-refractivity contribution in [2.45, 2.75) is 49.9 Å². The van der Waals surface area contributed by atoms with Crippen LogP contribution in [0.15, 0.2) is 60.7 Å². The molecule has 23 heavy (non-hydrogen) atoms. The van der Waals surface area contributed by atoms with E-state index < -0.39 is 0 Å². The van der Waals surface area contributed by atoms with Gasteiger partial charge >= 0.3 is 0 Å². The minimum absolute atomic E-state index is 0.0841. The highest BCUT2D eigenvalue weighted by atomic mass is 16.5. The average molecular weight is 307 g/mol. The molecule has 2 saturated heterocycles. The molecule has 2 aromatic rings. The molecule has 2 aliphatic rings. The van der Waals surface area contributed by atoms with Crippen molar-refractivity contribution in [3.05, 3.63) is 71.8 Å². The first-order valence-electron chi connectivity index (χ1n) is 8.71. The fraction of sp³-hybridized carbons (Fsp3) is 0.429. The number of nitrogens with zero attached hydrogens (tertiary/aromatic N) is 1. The Balaban J connectivity index is 1.59. The fourth-order valence-electron chi connectivity index (χ4n) is 4.62. The molecular formula is C21H25NO. The van der Waals surface area contributed by atoms with Crippen molar-refractivity contribution in [2.24, 2.45) is 0 Å². The molecule has 2 fully saturated rings. The fourth-order valence-corrected chi connectivity index (χ4v) is 4.62. The van der Waals surface area contributed by atoms with Crippen LogP contribution in [0.3, 0.4) is 0 Å². The van der Waals surface area contributed by atoms with Crippen molar-refractivity contribution < 1.29 is 4.74 Å². The van der Waals surface area contributed by atoms with E-state index >= 15 is 0 Å². The van der Waals surface area contributed by atoms with Crippen LogP contribution in [0.5, 0.6) is 0 Å². The number of hydrogen-bond donors (Lipinski definition) is 0. The van der Waals surface area contributed by atoms with Gasteiger partial charge in [-0.05, 0) is 42.7 Å². The van der Waals surface area contributed by atoms with Crippen LogP contribution in [0.1, 0.15) is 42.7 Å². The van der Waals surface area contributed by atoms with E-state index in [4.69, 9.17) is 4.74 Å². The number of piperidine rings is 1. The largest absolute Gasteiger partial charge is 0.364 e. The summed E-state index contributed by atoms with van der Waals surface area (Å²) in [6.45, 7) is 1.00. The Morgan fingerprint density at radius 2 is 1.74 bits per heavy atom. The van der Waals surface area contributed by atoms with Gasteiger partial charge in [0.05, 0.1) is 0 Å². The first-order chi connectivity index (χ1) is 11.3. The maximum absolute atomic E-state index is 6.13. The topological polar surface area (TPSA) is 12.5 Å². The third-order valence-electron chi connectivity index (χ3n) is 5.80. The quantitative estimate of drug-likeness (QED) is 0.820. The summed E-state index contributed by atoms with van der Waals surface area (Å²) in [4.78, 5) is 2.63. The number of methoxy groups -OCH3 is 1. The van der Waals surface area contributed by atoms with Crippen LogP contribution in [0.25, 0.3) is 0 Å². The van der Waals surface area contributed by atoms with Gasteiger partial charge in [0.25, 0.3) is 0 Å². The van der Waals surface area contributed by atoms with Crippen LogP contribution in [0.4, 0.5) is 0 Å². The normalized spacial score (nSPS) is 30.5. The van der Waals surface area contributed by atoms with Crippen molar-refractivity contribution in [3.8, 4) is 0 Å². The number of fused-ring (bicyclic) bond motifs is 2. The number of ether oxygens (including phenoxy) is 1. The molecule has 4 rings (SSSR count). The zero-order valence-corrected chi connectivity index (χ0v) is 13.8. The second-order valence-electron chi connectivity index (χ2n) is 7.00. The summed E-state index contributed by atoms with van der Waals surface area (Å²) < 4.78 is 6.13. The van der Waals surface area contributed by atoms with Gasteiger partial charge in [-0.3, -0.25) is 4.90 Å². The molecular weight excluding hydrogens is 282 g/mol. The lowest BCUT2D eigenvalue weighted by Crippen LogP contribution is -2.52. The molecule has 2 bridgehead atoms. The molecule has 120 valence electrons. The summed E-state index contributed by atoms with van der Waals surface area (Å²) in [5, 5.41) is 0. The predicted molar refractivity (Wildman–Crippen MR) is 93.2 cm³/mol. The minimum atomic E-state index is -0.0841. The van der Waals surface area contributed by atoms with E-state index in [1.165, 1.54) is 24.0 Å². The van der Waals surface area contributed by atoms with Crippen LogP contribution in [-0.4, -0.2) is 23.8 Å². The van der Waals surface area contributed by atoms with Gasteiger partial charge in [0.1, 0.15) is 5.72 Å². The Kier molecular flexibility index (Phi) is 3.96. The van der Waals surface area contributed by atoms with Gasteiger partial charge in [-0.1, -0.05) is 60.7 Å². The Labute approximate surface area is 139 Å². The van der Waals surface area contributed by atoms with Gasteiger partial charge in [0, 0.05) is 19.7 Å². The zero-order chi connectivity index (χ0) is 15.7. The minimum Gasteiger partial charge on any atom is -0.364 e. The van der Waals surface area contributed by atoms with Crippen LogP contribution >= 0.6 is 0 Å². The molecule has 0 saturated carbocycles. The molecule has 2 heteroatoms. The van der Waals surface area contributed by atoms with Crippen LogP contribution < -0.4 is 0 Å². The average Bonchev–Trinajstić information content (AvgIpc) is 2.82. The molecule has 0 amide bonds. The highest BCUT2D eigenvalue weighted by Crippen LogP contribution is 2.50. The van der Waals surface area contributed by atoms with Crippen molar-refractivity contribution >= 4 is 0 Å². The Morgan fingerprint density at radius 1 is 1.04 bits per heavy atom. The lowest BCUT2D eigenvalue weighted by molar-refractivity contribution is -0.153. The van der Waals surface area contributed by atoms with E-state index in [-0.39, 0.29) is 5.72 Å². The Hall–Kier alpha value is -1.64. The first kappa shape index (κ1) is 14.9. The number of hydrogen-bond acceptors (Lipinski definition) is 2. The standard InChI is InChI=1S/C21H25NO/c1-23-21-13-12-20(22(21)16-17-8-4-2-5-9-17)14-19(15-21)18-10-6-3-7-11-18/h2-11,19-20H,12-16H2,1H3/t19?,20-,21-/m0/s1. The van der Waals surface area contributed by atoms with Crippen LogP contribution in [-0.2, 0) is 11.3 Å². The van der Waals surface area contributed by atoms with Gasteiger partial charge in [-0.25, -0.2) is 0 Å². The summed E-state index contributed by atoms with van der Waals surface area (Å²) in [6.07, 6.45) is 4.77. The summed E-state index contributed by atoms with van der Waals surface area (Å²) >= 11 is 0. The lowest BCUT2D eigenvalue weighted by Gasteiger charge is -2.47. The van der Waals surface area contributed by atoms with Crippen LogP contribution in [0.2, 0.25) is 0 Å².